The monoisotopic (exact) mass is 465 g/mol. The van der Waals surface area contributed by atoms with Crippen LogP contribution in [0.1, 0.15) is 18.9 Å². The molecule has 0 bridgehead atoms. The first-order valence-electron chi connectivity index (χ1n) is 11.7. The Morgan fingerprint density at radius 1 is 0.886 bits per heavy atom. The number of rotatable bonds is 4. The molecule has 1 saturated heterocycles. The summed E-state index contributed by atoms with van der Waals surface area (Å²) in [5, 5.41) is 4.65. The molecule has 0 N–H and O–H groups in total. The molecular formula is C27H24FN7. The number of likely N-dealkylation sites (tertiary alicyclic amines) is 1. The standard InChI is InChI=1S/C27H24FN7/c1-34-10-6-21(7-11-34)35-17-20(16-32-35)18-12-19(15-29-14-18)23-13-25(22-4-2-3-5-24(22)28)33-27-26(23)30-8-9-31-27/h2-5,8-9,12-17,21H,6-7,10-11H2,1H3. The normalized spacial score (nSPS) is 15.0. The Balaban J connectivity index is 1.41. The Labute approximate surface area is 202 Å². The average Bonchev–Trinajstić information content (AvgIpc) is 3.39. The molecule has 1 aliphatic rings. The summed E-state index contributed by atoms with van der Waals surface area (Å²) >= 11 is 0. The van der Waals surface area contributed by atoms with Crippen molar-refractivity contribution in [3.63, 3.8) is 0 Å². The average molecular weight is 466 g/mol. The number of fused-ring (bicyclic) bond motifs is 1. The Kier molecular flexibility index (Phi) is 5.50. The highest BCUT2D eigenvalue weighted by Crippen LogP contribution is 2.33. The first-order valence-corrected chi connectivity index (χ1v) is 11.7. The van der Waals surface area contributed by atoms with Crippen LogP contribution in [-0.4, -0.2) is 54.8 Å². The van der Waals surface area contributed by atoms with Crippen molar-refractivity contribution < 1.29 is 4.39 Å². The van der Waals surface area contributed by atoms with Crippen molar-refractivity contribution in [2.75, 3.05) is 20.1 Å². The van der Waals surface area contributed by atoms with E-state index in [1.54, 1.807) is 36.8 Å². The molecule has 1 fully saturated rings. The third kappa shape index (κ3) is 4.17. The second-order valence-electron chi connectivity index (χ2n) is 8.97. The van der Waals surface area contributed by atoms with Crippen molar-refractivity contribution in [2.45, 2.75) is 18.9 Å². The van der Waals surface area contributed by atoms with E-state index >= 15 is 0 Å². The number of benzene rings is 1. The number of hydrogen-bond acceptors (Lipinski definition) is 6. The maximum Gasteiger partial charge on any atom is 0.179 e. The number of pyridine rings is 2. The summed E-state index contributed by atoms with van der Waals surface area (Å²) in [5.74, 6) is -0.331. The Bertz CT molecular complexity index is 1500. The number of aromatic nitrogens is 6. The van der Waals surface area contributed by atoms with Gasteiger partial charge in [0.15, 0.2) is 5.65 Å². The van der Waals surface area contributed by atoms with Gasteiger partial charge in [0, 0.05) is 58.8 Å². The van der Waals surface area contributed by atoms with Crippen LogP contribution in [0.15, 0.2) is 73.6 Å². The van der Waals surface area contributed by atoms with Crippen LogP contribution < -0.4 is 0 Å². The van der Waals surface area contributed by atoms with Crippen LogP contribution in [0.4, 0.5) is 4.39 Å². The van der Waals surface area contributed by atoms with E-state index in [9.17, 15) is 4.39 Å². The summed E-state index contributed by atoms with van der Waals surface area (Å²) in [4.78, 5) is 20.4. The van der Waals surface area contributed by atoms with Crippen LogP contribution in [0.3, 0.4) is 0 Å². The van der Waals surface area contributed by atoms with E-state index in [1.807, 2.05) is 18.5 Å². The second-order valence-corrected chi connectivity index (χ2v) is 8.97. The third-order valence-electron chi connectivity index (χ3n) is 6.64. The van der Waals surface area contributed by atoms with Gasteiger partial charge in [0.2, 0.25) is 0 Å². The predicted octanol–water partition coefficient (Wildman–Crippen LogP) is 5.02. The quantitative estimate of drug-likeness (QED) is 0.371. The van der Waals surface area contributed by atoms with Crippen LogP contribution >= 0.6 is 0 Å². The number of piperidine rings is 1. The highest BCUT2D eigenvalue weighted by molar-refractivity contribution is 5.92. The molecule has 1 aliphatic heterocycles. The molecule has 8 heteroatoms. The molecule has 0 aliphatic carbocycles. The number of nitrogens with zero attached hydrogens (tertiary/aromatic N) is 7. The van der Waals surface area contributed by atoms with Crippen molar-refractivity contribution in [1.82, 2.24) is 34.6 Å². The van der Waals surface area contributed by atoms with Crippen LogP contribution in [0.5, 0.6) is 0 Å². The third-order valence-corrected chi connectivity index (χ3v) is 6.64. The molecule has 35 heavy (non-hydrogen) atoms. The van der Waals surface area contributed by atoms with Crippen molar-refractivity contribution in [3.8, 4) is 33.5 Å². The maximum atomic E-state index is 14.6. The summed E-state index contributed by atoms with van der Waals surface area (Å²) in [5.41, 5.74) is 5.67. The lowest BCUT2D eigenvalue weighted by molar-refractivity contribution is 0.212. The minimum absolute atomic E-state index is 0.331. The second kappa shape index (κ2) is 8.96. The van der Waals surface area contributed by atoms with Gasteiger partial charge in [0.1, 0.15) is 11.3 Å². The topological polar surface area (TPSA) is 72.6 Å². The van der Waals surface area contributed by atoms with E-state index in [4.69, 9.17) is 0 Å². The maximum absolute atomic E-state index is 14.6. The van der Waals surface area contributed by atoms with E-state index < -0.39 is 0 Å². The van der Waals surface area contributed by atoms with Gasteiger partial charge in [-0.2, -0.15) is 5.10 Å². The van der Waals surface area contributed by atoms with Crippen molar-refractivity contribution >= 4 is 11.2 Å². The van der Waals surface area contributed by atoms with Gasteiger partial charge < -0.3 is 4.90 Å². The zero-order valence-electron chi connectivity index (χ0n) is 19.3. The minimum atomic E-state index is -0.331. The SMILES string of the molecule is CN1CCC(n2cc(-c3cncc(-c4cc(-c5ccccc5F)nc5nccnc45)c3)cn2)CC1. The lowest BCUT2D eigenvalue weighted by atomic mass is 10.0. The molecule has 7 nitrogen and oxygen atoms in total. The summed E-state index contributed by atoms with van der Waals surface area (Å²) in [6.45, 7) is 2.16. The molecule has 0 unspecified atom stereocenters. The molecule has 1 aromatic carbocycles. The zero-order chi connectivity index (χ0) is 23.8. The Morgan fingerprint density at radius 3 is 2.54 bits per heavy atom. The van der Waals surface area contributed by atoms with E-state index in [0.29, 0.717) is 28.5 Å². The van der Waals surface area contributed by atoms with Gasteiger partial charge in [0.25, 0.3) is 0 Å². The van der Waals surface area contributed by atoms with Gasteiger partial charge in [0.05, 0.1) is 17.9 Å². The molecule has 0 atom stereocenters. The van der Waals surface area contributed by atoms with Crippen LogP contribution in [-0.2, 0) is 0 Å². The first-order chi connectivity index (χ1) is 17.2. The van der Waals surface area contributed by atoms with E-state index in [-0.39, 0.29) is 5.82 Å². The van der Waals surface area contributed by atoms with E-state index in [0.717, 1.165) is 48.2 Å². The van der Waals surface area contributed by atoms with Gasteiger partial charge in [-0.05, 0) is 57.2 Å². The van der Waals surface area contributed by atoms with Crippen molar-refractivity contribution in [1.29, 1.82) is 0 Å². The first kappa shape index (κ1) is 21.5. The van der Waals surface area contributed by atoms with Crippen LogP contribution in [0.25, 0.3) is 44.7 Å². The fourth-order valence-electron chi connectivity index (χ4n) is 4.67. The molecular weight excluding hydrogens is 441 g/mol. The predicted molar refractivity (Wildman–Crippen MR) is 133 cm³/mol. The molecule has 0 radical (unpaired) electrons. The number of hydrogen-bond donors (Lipinski definition) is 0. The van der Waals surface area contributed by atoms with Crippen LogP contribution in [0.2, 0.25) is 0 Å². The molecule has 0 amide bonds. The summed E-state index contributed by atoms with van der Waals surface area (Å²) in [6.07, 6.45) is 13.1. The molecule has 6 rings (SSSR count). The lowest BCUT2D eigenvalue weighted by Crippen LogP contribution is -2.31. The molecule has 0 saturated carbocycles. The molecule has 5 aromatic rings. The minimum Gasteiger partial charge on any atom is -0.306 e. The highest BCUT2D eigenvalue weighted by Gasteiger charge is 2.20. The fourth-order valence-corrected chi connectivity index (χ4v) is 4.67. The largest absolute Gasteiger partial charge is 0.306 e. The highest BCUT2D eigenvalue weighted by atomic mass is 19.1. The molecule has 4 aromatic heterocycles. The lowest BCUT2D eigenvalue weighted by Gasteiger charge is -2.28. The van der Waals surface area contributed by atoms with Gasteiger partial charge in [-0.1, -0.05) is 12.1 Å². The summed E-state index contributed by atoms with van der Waals surface area (Å²) in [6, 6.07) is 11.0. The molecule has 5 heterocycles. The Hall–Kier alpha value is -4.04. The van der Waals surface area contributed by atoms with Gasteiger partial charge in [-0.25, -0.2) is 14.4 Å². The van der Waals surface area contributed by atoms with E-state index in [1.165, 1.54) is 6.07 Å². The van der Waals surface area contributed by atoms with Crippen molar-refractivity contribution in [3.05, 3.63) is 79.4 Å². The molecule has 0 spiro atoms. The van der Waals surface area contributed by atoms with Gasteiger partial charge >= 0.3 is 0 Å². The van der Waals surface area contributed by atoms with Crippen LogP contribution in [0, 0.1) is 5.82 Å². The zero-order valence-corrected chi connectivity index (χ0v) is 19.3. The van der Waals surface area contributed by atoms with Gasteiger partial charge in [-0.15, -0.1) is 0 Å². The summed E-state index contributed by atoms with van der Waals surface area (Å²) < 4.78 is 16.7. The molecule has 174 valence electrons. The van der Waals surface area contributed by atoms with E-state index in [2.05, 4.69) is 53.9 Å². The smallest absolute Gasteiger partial charge is 0.179 e. The van der Waals surface area contributed by atoms with Gasteiger partial charge in [-0.3, -0.25) is 14.6 Å². The fraction of sp³-hybridized carbons (Fsp3) is 0.222. The number of halogens is 1. The van der Waals surface area contributed by atoms with Crippen molar-refractivity contribution in [2.24, 2.45) is 0 Å². The Morgan fingerprint density at radius 2 is 1.69 bits per heavy atom. The summed E-state index contributed by atoms with van der Waals surface area (Å²) in [7, 11) is 2.16.